The molecular formula is C14H15F2NO. The van der Waals surface area contributed by atoms with Gasteiger partial charge in [0.1, 0.15) is 17.4 Å². The van der Waals surface area contributed by atoms with Crippen molar-refractivity contribution in [1.29, 1.82) is 0 Å². The second kappa shape index (κ2) is 5.78. The molecule has 0 aliphatic carbocycles. The molecule has 2 nitrogen and oxygen atoms in total. The van der Waals surface area contributed by atoms with Crippen LogP contribution in [0.3, 0.4) is 0 Å². The average Bonchev–Trinajstić information content (AvgIpc) is 2.80. The highest BCUT2D eigenvalue weighted by molar-refractivity contribution is 5.23. The maximum Gasteiger partial charge on any atom is 0.126 e. The quantitative estimate of drug-likeness (QED) is 0.880. The van der Waals surface area contributed by atoms with E-state index in [2.05, 4.69) is 5.32 Å². The summed E-state index contributed by atoms with van der Waals surface area (Å²) in [6.07, 6.45) is 2.15. The molecule has 4 heteroatoms. The molecule has 2 rings (SSSR count). The van der Waals surface area contributed by atoms with Crippen LogP contribution < -0.4 is 5.32 Å². The zero-order valence-corrected chi connectivity index (χ0v) is 10.1. The lowest BCUT2D eigenvalue weighted by atomic mass is 10.0. The smallest absolute Gasteiger partial charge is 0.126 e. The molecule has 1 N–H and O–H groups in total. The van der Waals surface area contributed by atoms with E-state index in [-0.39, 0.29) is 6.04 Å². The van der Waals surface area contributed by atoms with Crippen molar-refractivity contribution in [2.45, 2.75) is 19.4 Å². The Kier molecular flexibility index (Phi) is 4.10. The first kappa shape index (κ1) is 12.8. The van der Waals surface area contributed by atoms with Crippen LogP contribution in [0.15, 0.2) is 41.0 Å². The minimum Gasteiger partial charge on any atom is -0.469 e. The Morgan fingerprint density at radius 2 is 1.94 bits per heavy atom. The molecule has 1 atom stereocenters. The molecule has 0 saturated carbocycles. The Morgan fingerprint density at radius 3 is 2.50 bits per heavy atom. The monoisotopic (exact) mass is 251 g/mol. The largest absolute Gasteiger partial charge is 0.469 e. The number of rotatable bonds is 5. The fraction of sp³-hybridized carbons (Fsp3) is 0.286. The highest BCUT2D eigenvalue weighted by atomic mass is 19.1. The number of hydrogen-bond acceptors (Lipinski definition) is 2. The van der Waals surface area contributed by atoms with Crippen molar-refractivity contribution in [3.63, 3.8) is 0 Å². The number of benzene rings is 1. The van der Waals surface area contributed by atoms with Crippen molar-refractivity contribution in [3.8, 4) is 0 Å². The summed E-state index contributed by atoms with van der Waals surface area (Å²) < 4.78 is 31.7. The fourth-order valence-electron chi connectivity index (χ4n) is 1.96. The van der Waals surface area contributed by atoms with Gasteiger partial charge in [0, 0.05) is 18.5 Å². The molecule has 1 aromatic heterocycles. The van der Waals surface area contributed by atoms with Crippen molar-refractivity contribution in [2.75, 3.05) is 6.54 Å². The van der Waals surface area contributed by atoms with Crippen molar-refractivity contribution in [1.82, 2.24) is 5.32 Å². The Hall–Kier alpha value is -1.68. The minimum atomic E-state index is -0.563. The third-order valence-corrected chi connectivity index (χ3v) is 2.72. The molecule has 0 aliphatic rings. The molecular weight excluding hydrogens is 236 g/mol. The van der Waals surface area contributed by atoms with Crippen LogP contribution in [0.5, 0.6) is 0 Å². The SMILES string of the molecule is CCNC(Cc1ccco1)c1cc(F)cc(F)c1. The van der Waals surface area contributed by atoms with Gasteiger partial charge in [-0.15, -0.1) is 0 Å². The van der Waals surface area contributed by atoms with Crippen LogP contribution >= 0.6 is 0 Å². The minimum absolute atomic E-state index is 0.161. The Labute approximate surface area is 105 Å². The fourth-order valence-corrected chi connectivity index (χ4v) is 1.96. The Balaban J connectivity index is 2.23. The molecule has 0 amide bonds. The van der Waals surface area contributed by atoms with E-state index < -0.39 is 11.6 Å². The summed E-state index contributed by atoms with van der Waals surface area (Å²) >= 11 is 0. The van der Waals surface area contributed by atoms with Crippen LogP contribution in [0, 0.1) is 11.6 Å². The van der Waals surface area contributed by atoms with E-state index in [0.29, 0.717) is 18.5 Å². The second-order valence-electron chi connectivity index (χ2n) is 4.10. The number of likely N-dealkylation sites (N-methyl/N-ethyl adjacent to an activating group) is 1. The van der Waals surface area contributed by atoms with Gasteiger partial charge in [-0.2, -0.15) is 0 Å². The van der Waals surface area contributed by atoms with Crippen LogP contribution in [0.2, 0.25) is 0 Å². The third-order valence-electron chi connectivity index (χ3n) is 2.72. The zero-order chi connectivity index (χ0) is 13.0. The molecule has 0 fully saturated rings. The lowest BCUT2D eigenvalue weighted by Crippen LogP contribution is -2.23. The van der Waals surface area contributed by atoms with Gasteiger partial charge in [-0.05, 0) is 36.4 Å². The number of halogens is 2. The predicted octanol–water partition coefficient (Wildman–Crippen LogP) is 3.45. The molecule has 1 heterocycles. The number of hydrogen-bond donors (Lipinski definition) is 1. The molecule has 0 spiro atoms. The maximum absolute atomic E-state index is 13.2. The van der Waals surface area contributed by atoms with Gasteiger partial charge in [0.2, 0.25) is 0 Å². The molecule has 0 bridgehead atoms. The van der Waals surface area contributed by atoms with Crippen LogP contribution in [-0.2, 0) is 6.42 Å². The standard InChI is InChI=1S/C14H15F2NO/c1-2-17-14(9-13-4-3-5-18-13)10-6-11(15)8-12(16)7-10/h3-8,14,17H,2,9H2,1H3. The molecule has 1 aromatic carbocycles. The summed E-state index contributed by atoms with van der Waals surface area (Å²) in [5, 5.41) is 3.20. The van der Waals surface area contributed by atoms with Crippen LogP contribution in [0.25, 0.3) is 0 Å². The first-order valence-corrected chi connectivity index (χ1v) is 5.90. The van der Waals surface area contributed by atoms with Gasteiger partial charge in [-0.3, -0.25) is 0 Å². The zero-order valence-electron chi connectivity index (χ0n) is 10.1. The summed E-state index contributed by atoms with van der Waals surface area (Å²) in [6.45, 7) is 2.66. The second-order valence-corrected chi connectivity index (χ2v) is 4.10. The van der Waals surface area contributed by atoms with E-state index >= 15 is 0 Å². The van der Waals surface area contributed by atoms with Crippen molar-refractivity contribution < 1.29 is 13.2 Å². The van der Waals surface area contributed by atoms with Gasteiger partial charge in [0.25, 0.3) is 0 Å². The van der Waals surface area contributed by atoms with Gasteiger partial charge in [-0.25, -0.2) is 8.78 Å². The van der Waals surface area contributed by atoms with Crippen molar-refractivity contribution >= 4 is 0 Å². The summed E-state index contributed by atoms with van der Waals surface area (Å²) in [5.41, 5.74) is 0.589. The third kappa shape index (κ3) is 3.17. The van der Waals surface area contributed by atoms with Gasteiger partial charge >= 0.3 is 0 Å². The van der Waals surface area contributed by atoms with Gasteiger partial charge in [0.15, 0.2) is 0 Å². The summed E-state index contributed by atoms with van der Waals surface area (Å²) in [7, 11) is 0. The van der Waals surface area contributed by atoms with Gasteiger partial charge < -0.3 is 9.73 Å². The number of furan rings is 1. The molecule has 96 valence electrons. The van der Waals surface area contributed by atoms with Gasteiger partial charge in [-0.1, -0.05) is 6.92 Å². The molecule has 0 radical (unpaired) electrons. The highest BCUT2D eigenvalue weighted by Gasteiger charge is 2.14. The van der Waals surface area contributed by atoms with E-state index in [4.69, 9.17) is 4.42 Å². The summed E-state index contributed by atoms with van der Waals surface area (Å²) in [5.74, 6) is -0.342. The predicted molar refractivity (Wildman–Crippen MR) is 65.2 cm³/mol. The summed E-state index contributed by atoms with van der Waals surface area (Å²) in [4.78, 5) is 0. The first-order chi connectivity index (χ1) is 8.69. The Morgan fingerprint density at radius 1 is 1.22 bits per heavy atom. The van der Waals surface area contributed by atoms with E-state index in [1.54, 1.807) is 12.3 Å². The summed E-state index contributed by atoms with van der Waals surface area (Å²) in [6, 6.07) is 7.05. The molecule has 0 saturated heterocycles. The van der Waals surface area contributed by atoms with E-state index in [1.807, 2.05) is 13.0 Å². The average molecular weight is 251 g/mol. The van der Waals surface area contributed by atoms with Gasteiger partial charge in [0.05, 0.1) is 6.26 Å². The van der Waals surface area contributed by atoms with E-state index in [1.165, 1.54) is 12.1 Å². The van der Waals surface area contributed by atoms with Crippen LogP contribution in [-0.4, -0.2) is 6.54 Å². The van der Waals surface area contributed by atoms with E-state index in [0.717, 1.165) is 11.8 Å². The lowest BCUT2D eigenvalue weighted by molar-refractivity contribution is 0.451. The normalized spacial score (nSPS) is 12.6. The number of nitrogens with one attached hydrogen (secondary N) is 1. The van der Waals surface area contributed by atoms with Crippen LogP contribution in [0.4, 0.5) is 8.78 Å². The molecule has 1 unspecified atom stereocenters. The molecule has 0 aliphatic heterocycles. The lowest BCUT2D eigenvalue weighted by Gasteiger charge is -2.17. The maximum atomic E-state index is 13.2. The van der Waals surface area contributed by atoms with Crippen molar-refractivity contribution in [2.24, 2.45) is 0 Å². The highest BCUT2D eigenvalue weighted by Crippen LogP contribution is 2.20. The molecule has 2 aromatic rings. The van der Waals surface area contributed by atoms with Crippen LogP contribution in [0.1, 0.15) is 24.3 Å². The Bertz CT molecular complexity index is 476. The van der Waals surface area contributed by atoms with Crippen molar-refractivity contribution in [3.05, 3.63) is 59.6 Å². The topological polar surface area (TPSA) is 25.2 Å². The first-order valence-electron chi connectivity index (χ1n) is 5.90. The van der Waals surface area contributed by atoms with E-state index in [9.17, 15) is 8.78 Å². The molecule has 18 heavy (non-hydrogen) atoms.